The summed E-state index contributed by atoms with van der Waals surface area (Å²) < 4.78 is 24.1. The van der Waals surface area contributed by atoms with Crippen LogP contribution in [0.5, 0.6) is 0 Å². The third-order valence-electron chi connectivity index (χ3n) is 4.91. The molecule has 0 saturated carbocycles. The van der Waals surface area contributed by atoms with Crippen molar-refractivity contribution in [3.05, 3.63) is 35.6 Å². The van der Waals surface area contributed by atoms with Gasteiger partial charge in [0, 0.05) is 38.2 Å². The molecule has 3 rings (SSSR count). The molecular weight excluding hydrogens is 327 g/mol. The molecule has 2 aliphatic heterocycles. The summed E-state index contributed by atoms with van der Waals surface area (Å²) in [7, 11) is 0. The van der Waals surface area contributed by atoms with Crippen LogP contribution in [0.15, 0.2) is 24.3 Å². The topological polar surface area (TPSA) is 68.8 Å². The molecule has 1 aromatic carbocycles. The van der Waals surface area contributed by atoms with Crippen LogP contribution < -0.4 is 10.8 Å². The van der Waals surface area contributed by atoms with Crippen molar-refractivity contribution in [3.63, 3.8) is 0 Å². The van der Waals surface area contributed by atoms with Gasteiger partial charge >= 0.3 is 6.03 Å². The van der Waals surface area contributed by atoms with Crippen molar-refractivity contribution in [2.45, 2.75) is 43.8 Å². The van der Waals surface area contributed by atoms with Crippen LogP contribution in [0.4, 0.5) is 9.18 Å². The number of carbonyl (C=O) groups excluding carboxylic acids is 1. The normalized spacial score (nSPS) is 23.0. The van der Waals surface area contributed by atoms with Crippen LogP contribution in [0.1, 0.15) is 37.7 Å². The number of ether oxygens (including phenoxy) is 2. The zero-order valence-corrected chi connectivity index (χ0v) is 14.3. The van der Waals surface area contributed by atoms with E-state index < -0.39 is 6.03 Å². The molecule has 2 saturated heterocycles. The van der Waals surface area contributed by atoms with Gasteiger partial charge in [0.15, 0.2) is 6.29 Å². The summed E-state index contributed by atoms with van der Waals surface area (Å²) in [6, 6.07) is 6.08. The SMILES string of the molecule is O=C(NCC1(c2ccc(F)cc2)CCOCC1)NO[C@H]1CCCCO1. The molecule has 2 aliphatic rings. The minimum absolute atomic E-state index is 0.259. The quantitative estimate of drug-likeness (QED) is 0.800. The second kappa shape index (κ2) is 8.60. The van der Waals surface area contributed by atoms with Gasteiger partial charge in [-0.25, -0.2) is 19.5 Å². The second-order valence-electron chi connectivity index (χ2n) is 6.60. The molecule has 1 atom stereocenters. The van der Waals surface area contributed by atoms with E-state index >= 15 is 0 Å². The summed E-state index contributed by atoms with van der Waals surface area (Å²) in [5.41, 5.74) is 3.15. The average Bonchev–Trinajstić information content (AvgIpc) is 2.67. The van der Waals surface area contributed by atoms with E-state index in [4.69, 9.17) is 14.3 Å². The van der Waals surface area contributed by atoms with Gasteiger partial charge in [0.25, 0.3) is 0 Å². The van der Waals surface area contributed by atoms with E-state index in [1.54, 1.807) is 12.1 Å². The van der Waals surface area contributed by atoms with Crippen molar-refractivity contribution in [2.24, 2.45) is 0 Å². The van der Waals surface area contributed by atoms with Crippen LogP contribution in [0.3, 0.4) is 0 Å². The van der Waals surface area contributed by atoms with Crippen LogP contribution in [0, 0.1) is 5.82 Å². The molecule has 0 unspecified atom stereocenters. The number of hydroxylamine groups is 1. The van der Waals surface area contributed by atoms with Gasteiger partial charge in [-0.05, 0) is 43.4 Å². The maximum absolute atomic E-state index is 13.2. The third kappa shape index (κ3) is 4.90. The fourth-order valence-corrected chi connectivity index (χ4v) is 3.34. The average molecular weight is 352 g/mol. The summed E-state index contributed by atoms with van der Waals surface area (Å²) in [6.07, 6.45) is 3.98. The molecule has 0 bridgehead atoms. The zero-order valence-electron chi connectivity index (χ0n) is 14.3. The van der Waals surface area contributed by atoms with Crippen LogP contribution in [0.2, 0.25) is 0 Å². The van der Waals surface area contributed by atoms with Crippen LogP contribution in [-0.4, -0.2) is 38.7 Å². The lowest BCUT2D eigenvalue weighted by molar-refractivity contribution is -0.186. The number of nitrogens with one attached hydrogen (secondary N) is 2. The van der Waals surface area contributed by atoms with Crippen LogP contribution >= 0.6 is 0 Å². The van der Waals surface area contributed by atoms with Gasteiger partial charge in [0.05, 0.1) is 0 Å². The Morgan fingerprint density at radius 1 is 1.20 bits per heavy atom. The van der Waals surface area contributed by atoms with Gasteiger partial charge in [-0.1, -0.05) is 12.1 Å². The molecule has 2 amide bonds. The molecule has 0 spiro atoms. The molecule has 138 valence electrons. The number of amides is 2. The monoisotopic (exact) mass is 352 g/mol. The van der Waals surface area contributed by atoms with E-state index in [1.807, 2.05) is 0 Å². The maximum atomic E-state index is 13.2. The molecule has 0 radical (unpaired) electrons. The number of rotatable bonds is 5. The molecule has 0 aliphatic carbocycles. The van der Waals surface area contributed by atoms with Gasteiger partial charge in [-0.3, -0.25) is 0 Å². The molecule has 7 heteroatoms. The fraction of sp³-hybridized carbons (Fsp3) is 0.611. The summed E-state index contributed by atoms with van der Waals surface area (Å²) in [5, 5.41) is 2.87. The zero-order chi connectivity index (χ0) is 17.5. The minimum Gasteiger partial charge on any atom is -0.381 e. The molecule has 2 N–H and O–H groups in total. The number of urea groups is 1. The first kappa shape index (κ1) is 18.1. The highest BCUT2D eigenvalue weighted by Gasteiger charge is 2.35. The smallest absolute Gasteiger partial charge is 0.338 e. The first-order valence-corrected chi connectivity index (χ1v) is 8.83. The van der Waals surface area contributed by atoms with Crippen molar-refractivity contribution in [1.82, 2.24) is 10.8 Å². The van der Waals surface area contributed by atoms with E-state index in [-0.39, 0.29) is 17.5 Å². The molecule has 0 aromatic heterocycles. The minimum atomic E-state index is -0.401. The summed E-state index contributed by atoms with van der Waals surface area (Å²) in [5.74, 6) is -0.266. The molecule has 2 heterocycles. The fourth-order valence-electron chi connectivity index (χ4n) is 3.34. The van der Waals surface area contributed by atoms with Gasteiger partial charge in [0.1, 0.15) is 5.82 Å². The van der Waals surface area contributed by atoms with E-state index in [1.165, 1.54) is 12.1 Å². The third-order valence-corrected chi connectivity index (χ3v) is 4.91. The molecule has 2 fully saturated rings. The first-order valence-electron chi connectivity index (χ1n) is 8.83. The Morgan fingerprint density at radius 3 is 2.64 bits per heavy atom. The van der Waals surface area contributed by atoms with Crippen molar-refractivity contribution >= 4 is 6.03 Å². The van der Waals surface area contributed by atoms with Gasteiger partial charge < -0.3 is 14.8 Å². The number of halogens is 1. The van der Waals surface area contributed by atoms with Gasteiger partial charge in [-0.15, -0.1) is 0 Å². The highest BCUT2D eigenvalue weighted by Crippen LogP contribution is 2.34. The van der Waals surface area contributed by atoms with Crippen LogP contribution in [-0.2, 0) is 19.7 Å². The standard InChI is InChI=1S/C18H25FN2O4/c19-15-6-4-14(5-7-15)18(8-11-23-12-9-18)13-20-17(22)21-25-16-3-1-2-10-24-16/h4-7,16H,1-3,8-13H2,(H2,20,21,22)/t16-/m0/s1. The Bertz CT molecular complexity index is 555. The largest absolute Gasteiger partial charge is 0.381 e. The van der Waals surface area contributed by atoms with E-state index in [0.29, 0.717) is 26.4 Å². The Kier molecular flexibility index (Phi) is 6.23. The number of hydrogen-bond donors (Lipinski definition) is 2. The lowest BCUT2D eigenvalue weighted by Crippen LogP contribution is -2.48. The maximum Gasteiger partial charge on any atom is 0.338 e. The molecule has 25 heavy (non-hydrogen) atoms. The highest BCUT2D eigenvalue weighted by molar-refractivity contribution is 5.72. The second-order valence-corrected chi connectivity index (χ2v) is 6.60. The Balaban J connectivity index is 1.55. The predicted molar refractivity (Wildman–Crippen MR) is 89.3 cm³/mol. The van der Waals surface area contributed by atoms with Crippen molar-refractivity contribution < 1.29 is 23.5 Å². The molecular formula is C18H25FN2O4. The van der Waals surface area contributed by atoms with Gasteiger partial charge in [-0.2, -0.15) is 0 Å². The highest BCUT2D eigenvalue weighted by atomic mass is 19.1. The van der Waals surface area contributed by atoms with E-state index in [0.717, 1.165) is 37.7 Å². The first-order chi connectivity index (χ1) is 12.2. The number of carbonyl (C=O) groups is 1. The van der Waals surface area contributed by atoms with Crippen molar-refractivity contribution in [1.29, 1.82) is 0 Å². The Hall–Kier alpha value is -1.70. The molecule has 1 aromatic rings. The van der Waals surface area contributed by atoms with Crippen molar-refractivity contribution in [2.75, 3.05) is 26.4 Å². The summed E-state index contributed by atoms with van der Waals surface area (Å²) in [4.78, 5) is 17.3. The van der Waals surface area contributed by atoms with E-state index in [2.05, 4.69) is 10.8 Å². The van der Waals surface area contributed by atoms with Crippen LogP contribution in [0.25, 0.3) is 0 Å². The predicted octanol–water partition coefficient (Wildman–Crippen LogP) is 2.63. The summed E-state index contributed by atoms with van der Waals surface area (Å²) in [6.45, 7) is 2.32. The van der Waals surface area contributed by atoms with E-state index in [9.17, 15) is 9.18 Å². The Labute approximate surface area is 147 Å². The Morgan fingerprint density at radius 2 is 1.96 bits per heavy atom. The van der Waals surface area contributed by atoms with Gasteiger partial charge in [0.2, 0.25) is 0 Å². The number of hydrogen-bond acceptors (Lipinski definition) is 4. The lowest BCUT2D eigenvalue weighted by atomic mass is 9.74. The van der Waals surface area contributed by atoms with Crippen molar-refractivity contribution in [3.8, 4) is 0 Å². The lowest BCUT2D eigenvalue weighted by Gasteiger charge is -2.38. The molecule has 6 nitrogen and oxygen atoms in total. The summed E-state index contributed by atoms with van der Waals surface area (Å²) >= 11 is 0. The number of benzene rings is 1.